The Balaban J connectivity index is 2.49. The van der Waals surface area contributed by atoms with Crippen molar-refractivity contribution in [2.45, 2.75) is 33.7 Å². The van der Waals surface area contributed by atoms with Crippen molar-refractivity contribution in [2.75, 3.05) is 0 Å². The van der Waals surface area contributed by atoms with Crippen LogP contribution in [0.1, 0.15) is 27.2 Å². The Morgan fingerprint density at radius 3 is 2.67 bits per heavy atom. The Bertz CT molecular complexity index is 292. The highest BCUT2D eigenvalue weighted by Crippen LogP contribution is 2.17. The van der Waals surface area contributed by atoms with Gasteiger partial charge < -0.3 is 0 Å². The number of aryl methyl sites for hydroxylation is 1. The van der Waals surface area contributed by atoms with E-state index in [0.29, 0.717) is 0 Å². The third kappa shape index (κ3) is 2.90. The molecule has 0 spiro atoms. The number of aromatic amines is 1. The molecule has 0 aromatic carbocycles. The Labute approximate surface area is 71.1 Å². The van der Waals surface area contributed by atoms with Gasteiger partial charge in [-0.1, -0.05) is 25.5 Å². The van der Waals surface area contributed by atoms with Gasteiger partial charge in [0.15, 0.2) is 6.54 Å². The molecule has 0 saturated heterocycles. The Morgan fingerprint density at radius 1 is 1.58 bits per heavy atom. The minimum Gasteiger partial charge on any atom is -0.284 e. The number of hydrogen-bond donors (Lipinski definition) is 1. The van der Waals surface area contributed by atoms with Crippen LogP contribution >= 0.6 is 0 Å². The van der Waals surface area contributed by atoms with Crippen molar-refractivity contribution < 1.29 is 9.20 Å². The van der Waals surface area contributed by atoms with Gasteiger partial charge in [0.05, 0.1) is 0 Å². The van der Waals surface area contributed by atoms with Gasteiger partial charge in [0.2, 0.25) is 0 Å². The van der Waals surface area contributed by atoms with Crippen molar-refractivity contribution >= 4 is 0 Å². The SMILES string of the molecule is CC(C)(C)CC[n+]1cc(=O)o[nH]1. The topological polar surface area (TPSA) is 49.9 Å². The van der Waals surface area contributed by atoms with Gasteiger partial charge in [0.25, 0.3) is 6.20 Å². The van der Waals surface area contributed by atoms with Crippen LogP contribution in [0.4, 0.5) is 0 Å². The first-order valence-corrected chi connectivity index (χ1v) is 4.05. The largest absolute Gasteiger partial charge is 0.426 e. The summed E-state index contributed by atoms with van der Waals surface area (Å²) < 4.78 is 6.17. The van der Waals surface area contributed by atoms with Crippen molar-refractivity contribution in [1.82, 2.24) is 5.27 Å². The molecule has 0 fully saturated rings. The average molecular weight is 171 g/mol. The summed E-state index contributed by atoms with van der Waals surface area (Å²) in [5.41, 5.74) is -0.0508. The first-order chi connectivity index (χ1) is 5.47. The van der Waals surface area contributed by atoms with E-state index in [1.165, 1.54) is 6.20 Å². The molecule has 1 heterocycles. The highest BCUT2D eigenvalue weighted by atomic mass is 16.5. The van der Waals surface area contributed by atoms with E-state index in [0.717, 1.165) is 13.0 Å². The number of aromatic nitrogens is 2. The molecule has 0 aliphatic carbocycles. The average Bonchev–Trinajstić information content (AvgIpc) is 2.30. The molecule has 0 unspecified atom stereocenters. The number of nitrogens with zero attached hydrogens (tertiary/aromatic N) is 1. The van der Waals surface area contributed by atoms with Crippen LogP contribution < -0.4 is 10.3 Å². The Kier molecular flexibility index (Phi) is 2.35. The zero-order valence-corrected chi connectivity index (χ0v) is 7.76. The molecule has 68 valence electrons. The van der Waals surface area contributed by atoms with Crippen LogP contribution in [0.25, 0.3) is 0 Å². The first kappa shape index (κ1) is 9.03. The predicted molar refractivity (Wildman–Crippen MR) is 43.6 cm³/mol. The van der Waals surface area contributed by atoms with Crippen LogP contribution in [0.3, 0.4) is 0 Å². The quantitative estimate of drug-likeness (QED) is 0.665. The summed E-state index contributed by atoms with van der Waals surface area (Å²) in [4.78, 5) is 10.6. The molecule has 4 heteroatoms. The highest BCUT2D eigenvalue weighted by molar-refractivity contribution is 4.57. The molecule has 0 aliphatic heterocycles. The molecule has 0 aliphatic rings. The summed E-state index contributed by atoms with van der Waals surface area (Å²) >= 11 is 0. The van der Waals surface area contributed by atoms with E-state index in [-0.39, 0.29) is 11.0 Å². The summed E-state index contributed by atoms with van der Waals surface area (Å²) in [6.07, 6.45) is 2.43. The molecule has 0 amide bonds. The van der Waals surface area contributed by atoms with Crippen LogP contribution in [0.5, 0.6) is 0 Å². The van der Waals surface area contributed by atoms with E-state index in [2.05, 4.69) is 30.6 Å². The first-order valence-electron chi connectivity index (χ1n) is 4.05. The monoisotopic (exact) mass is 171 g/mol. The zero-order valence-electron chi connectivity index (χ0n) is 7.76. The highest BCUT2D eigenvalue weighted by Gasteiger charge is 2.14. The molecule has 0 atom stereocenters. The van der Waals surface area contributed by atoms with E-state index < -0.39 is 0 Å². The fourth-order valence-electron chi connectivity index (χ4n) is 0.850. The lowest BCUT2D eigenvalue weighted by Gasteiger charge is -2.13. The van der Waals surface area contributed by atoms with Gasteiger partial charge in [0.1, 0.15) is 0 Å². The molecule has 0 bridgehead atoms. The van der Waals surface area contributed by atoms with E-state index in [1.54, 1.807) is 4.68 Å². The summed E-state index contributed by atoms with van der Waals surface area (Å²) in [6, 6.07) is 0. The molecular weight excluding hydrogens is 156 g/mol. The predicted octanol–water partition coefficient (Wildman–Crippen LogP) is 0.692. The number of hydrogen-bond acceptors (Lipinski definition) is 2. The molecule has 4 nitrogen and oxygen atoms in total. The summed E-state index contributed by atoms with van der Waals surface area (Å²) in [5.74, 6) is 0. The molecular formula is C8H15N2O2+. The van der Waals surface area contributed by atoms with Crippen molar-refractivity contribution in [1.29, 1.82) is 0 Å². The molecule has 1 N–H and O–H groups in total. The van der Waals surface area contributed by atoms with Crippen molar-refractivity contribution in [3.63, 3.8) is 0 Å². The zero-order chi connectivity index (χ0) is 9.19. The van der Waals surface area contributed by atoms with E-state index in [9.17, 15) is 4.79 Å². The molecule has 1 aromatic rings. The second kappa shape index (κ2) is 3.13. The fourth-order valence-corrected chi connectivity index (χ4v) is 0.850. The number of H-pyrrole nitrogens is 1. The van der Waals surface area contributed by atoms with Crippen LogP contribution in [0.2, 0.25) is 0 Å². The molecule has 1 rings (SSSR count). The van der Waals surface area contributed by atoms with Crippen LogP contribution in [-0.4, -0.2) is 5.27 Å². The maximum Gasteiger partial charge on any atom is 0.426 e. The van der Waals surface area contributed by atoms with Crippen LogP contribution in [0, 0.1) is 5.41 Å². The minimum absolute atomic E-state index is 0.279. The summed E-state index contributed by atoms with van der Waals surface area (Å²) in [6.45, 7) is 7.26. The Hall–Kier alpha value is -1.06. The number of rotatable bonds is 2. The van der Waals surface area contributed by atoms with Gasteiger partial charge in [-0.05, 0) is 10.7 Å². The fraction of sp³-hybridized carbons (Fsp3) is 0.750. The third-order valence-electron chi connectivity index (χ3n) is 1.63. The summed E-state index contributed by atoms with van der Waals surface area (Å²) in [7, 11) is 0. The lowest BCUT2D eigenvalue weighted by Crippen LogP contribution is -2.37. The molecule has 12 heavy (non-hydrogen) atoms. The van der Waals surface area contributed by atoms with Gasteiger partial charge in [-0.2, -0.15) is 0 Å². The smallest absolute Gasteiger partial charge is 0.284 e. The second-order valence-electron chi connectivity index (χ2n) is 4.15. The minimum atomic E-state index is -0.330. The van der Waals surface area contributed by atoms with E-state index >= 15 is 0 Å². The van der Waals surface area contributed by atoms with Crippen molar-refractivity contribution in [3.05, 3.63) is 16.6 Å². The maximum absolute atomic E-state index is 10.6. The lowest BCUT2D eigenvalue weighted by atomic mass is 9.92. The van der Waals surface area contributed by atoms with Gasteiger partial charge in [0, 0.05) is 6.42 Å². The molecule has 0 saturated carbocycles. The lowest BCUT2D eigenvalue weighted by molar-refractivity contribution is -0.763. The van der Waals surface area contributed by atoms with Gasteiger partial charge in [-0.15, -0.1) is 0 Å². The van der Waals surface area contributed by atoms with Crippen molar-refractivity contribution in [3.8, 4) is 0 Å². The second-order valence-corrected chi connectivity index (χ2v) is 4.15. The standard InChI is InChI=1S/C8H14N2O2/c1-8(2,3)4-5-10-6-7(11)12-9-10/h6H,4-5H2,1-3H3/p+1. The van der Waals surface area contributed by atoms with Crippen LogP contribution in [0.15, 0.2) is 15.5 Å². The van der Waals surface area contributed by atoms with Crippen molar-refractivity contribution in [2.24, 2.45) is 5.41 Å². The third-order valence-corrected chi connectivity index (χ3v) is 1.63. The van der Waals surface area contributed by atoms with Crippen LogP contribution in [-0.2, 0) is 6.54 Å². The van der Waals surface area contributed by atoms with Gasteiger partial charge in [-0.3, -0.25) is 4.52 Å². The number of nitrogens with one attached hydrogen (secondary N) is 1. The summed E-state index contributed by atoms with van der Waals surface area (Å²) in [5, 5.41) is 2.51. The van der Waals surface area contributed by atoms with Gasteiger partial charge in [-0.25, -0.2) is 4.79 Å². The molecule has 0 radical (unpaired) electrons. The van der Waals surface area contributed by atoms with E-state index in [4.69, 9.17) is 0 Å². The van der Waals surface area contributed by atoms with E-state index in [1.807, 2.05) is 0 Å². The molecule has 1 aromatic heterocycles. The van der Waals surface area contributed by atoms with Gasteiger partial charge >= 0.3 is 5.63 Å². The Morgan fingerprint density at radius 2 is 2.25 bits per heavy atom. The normalized spacial score (nSPS) is 11.9. The maximum atomic E-state index is 10.6.